The summed E-state index contributed by atoms with van der Waals surface area (Å²) in [4.78, 5) is 31.5. The Morgan fingerprint density at radius 3 is 2.62 bits per heavy atom. The minimum Gasteiger partial charge on any atom is -0.336 e. The molecule has 26 heavy (non-hydrogen) atoms. The van der Waals surface area contributed by atoms with Crippen LogP contribution < -0.4 is 5.32 Å². The Bertz CT molecular complexity index is 886. The highest BCUT2D eigenvalue weighted by atomic mass is 32.1. The van der Waals surface area contributed by atoms with Crippen molar-refractivity contribution in [2.75, 3.05) is 18.9 Å². The number of nitrogens with zero attached hydrogens (tertiary/aromatic N) is 2. The van der Waals surface area contributed by atoms with Gasteiger partial charge in [-0.3, -0.25) is 9.59 Å². The molecule has 0 aliphatic heterocycles. The number of aromatic nitrogens is 1. The minimum atomic E-state index is -0.220. The summed E-state index contributed by atoms with van der Waals surface area (Å²) in [5.41, 5.74) is 2.58. The second kappa shape index (κ2) is 8.25. The van der Waals surface area contributed by atoms with Gasteiger partial charge in [0.05, 0.1) is 23.5 Å². The maximum absolute atomic E-state index is 12.4. The van der Waals surface area contributed by atoms with Crippen molar-refractivity contribution in [1.82, 2.24) is 9.88 Å². The van der Waals surface area contributed by atoms with Gasteiger partial charge in [-0.1, -0.05) is 23.8 Å². The number of hydrogen-bond donors (Lipinski definition) is 1. The predicted octanol–water partition coefficient (Wildman–Crippen LogP) is 3.82. The predicted molar refractivity (Wildman–Crippen MR) is 107 cm³/mol. The first-order chi connectivity index (χ1) is 12.5. The highest BCUT2D eigenvalue weighted by Gasteiger charge is 2.16. The van der Waals surface area contributed by atoms with Crippen LogP contribution in [0.4, 0.5) is 5.69 Å². The number of anilines is 1. The summed E-state index contributed by atoms with van der Waals surface area (Å²) in [5.74, 6) is -0.352. The van der Waals surface area contributed by atoms with Crippen molar-refractivity contribution in [2.24, 2.45) is 0 Å². The molecule has 2 heterocycles. The summed E-state index contributed by atoms with van der Waals surface area (Å²) in [6.07, 6.45) is 0.191. The molecule has 0 aliphatic carbocycles. The lowest BCUT2D eigenvalue weighted by Crippen LogP contribution is -2.35. The van der Waals surface area contributed by atoms with Gasteiger partial charge in [-0.2, -0.15) is 0 Å². The van der Waals surface area contributed by atoms with Crippen LogP contribution in [0.1, 0.15) is 11.3 Å². The first-order valence-corrected chi connectivity index (χ1v) is 9.86. The molecule has 0 saturated heterocycles. The van der Waals surface area contributed by atoms with Crippen LogP contribution in [-0.2, 0) is 16.0 Å². The molecule has 0 fully saturated rings. The third-order valence-corrected chi connectivity index (χ3v) is 5.69. The van der Waals surface area contributed by atoms with E-state index < -0.39 is 0 Å². The molecule has 0 atom stereocenters. The zero-order valence-electron chi connectivity index (χ0n) is 14.6. The summed E-state index contributed by atoms with van der Waals surface area (Å²) in [7, 11) is 1.63. The number of rotatable bonds is 6. The van der Waals surface area contributed by atoms with Gasteiger partial charge >= 0.3 is 0 Å². The molecule has 2 amide bonds. The van der Waals surface area contributed by atoms with Crippen molar-refractivity contribution in [2.45, 2.75) is 13.3 Å². The normalized spacial score (nSPS) is 10.5. The van der Waals surface area contributed by atoms with Crippen LogP contribution in [-0.4, -0.2) is 35.3 Å². The summed E-state index contributed by atoms with van der Waals surface area (Å²) in [5, 5.41) is 7.61. The molecule has 0 unspecified atom stereocenters. The van der Waals surface area contributed by atoms with Gasteiger partial charge in [-0.05, 0) is 30.5 Å². The van der Waals surface area contributed by atoms with E-state index in [1.165, 1.54) is 16.2 Å². The summed E-state index contributed by atoms with van der Waals surface area (Å²) in [6, 6.07) is 11.5. The fraction of sp³-hybridized carbons (Fsp3) is 0.211. The van der Waals surface area contributed by atoms with Gasteiger partial charge in [0.2, 0.25) is 11.8 Å². The molecule has 3 rings (SSSR count). The number of nitrogens with one attached hydrogen (secondary N) is 1. The fourth-order valence-corrected chi connectivity index (χ4v) is 3.97. The third-order valence-electron chi connectivity index (χ3n) is 3.76. The fourth-order valence-electron chi connectivity index (χ4n) is 2.33. The molecule has 0 aliphatic rings. The summed E-state index contributed by atoms with van der Waals surface area (Å²) < 4.78 is 0. The van der Waals surface area contributed by atoms with E-state index in [4.69, 9.17) is 0 Å². The summed E-state index contributed by atoms with van der Waals surface area (Å²) in [6.45, 7) is 2.00. The van der Waals surface area contributed by atoms with Gasteiger partial charge < -0.3 is 10.2 Å². The molecule has 0 bridgehead atoms. The molecule has 134 valence electrons. The Morgan fingerprint density at radius 1 is 1.15 bits per heavy atom. The van der Waals surface area contributed by atoms with E-state index in [1.807, 2.05) is 54.1 Å². The van der Waals surface area contributed by atoms with E-state index >= 15 is 0 Å². The van der Waals surface area contributed by atoms with E-state index in [0.29, 0.717) is 0 Å². The molecular weight excluding hydrogens is 366 g/mol. The monoisotopic (exact) mass is 385 g/mol. The number of benzene rings is 1. The Labute approximate surface area is 160 Å². The first-order valence-electron chi connectivity index (χ1n) is 8.10. The highest BCUT2D eigenvalue weighted by Crippen LogP contribution is 2.27. The number of aryl methyl sites for hydroxylation is 1. The molecule has 7 heteroatoms. The third kappa shape index (κ3) is 4.77. The van der Waals surface area contributed by atoms with Gasteiger partial charge in [-0.25, -0.2) is 4.98 Å². The van der Waals surface area contributed by atoms with Crippen molar-refractivity contribution in [3.05, 3.63) is 58.4 Å². The van der Waals surface area contributed by atoms with E-state index in [9.17, 15) is 9.59 Å². The number of likely N-dealkylation sites (N-methyl/N-ethyl adjacent to an activating group) is 1. The average molecular weight is 386 g/mol. The van der Waals surface area contributed by atoms with E-state index in [0.717, 1.165) is 26.8 Å². The second-order valence-corrected chi connectivity index (χ2v) is 7.77. The Balaban J connectivity index is 1.52. The maximum atomic E-state index is 12.4. The Hall–Kier alpha value is -2.51. The molecule has 0 saturated carbocycles. The topological polar surface area (TPSA) is 62.3 Å². The van der Waals surface area contributed by atoms with Gasteiger partial charge in [0.15, 0.2) is 0 Å². The number of thiazole rings is 1. The first kappa shape index (κ1) is 18.3. The number of carbonyl (C=O) groups is 2. The maximum Gasteiger partial charge on any atom is 0.243 e. The number of thiophene rings is 1. The second-order valence-electron chi connectivity index (χ2n) is 5.96. The SMILES string of the molecule is Cc1ccc(NC(=O)CN(C)C(=O)Cc2csc(-c3cccs3)n2)cc1. The van der Waals surface area contributed by atoms with Crippen molar-refractivity contribution in [1.29, 1.82) is 0 Å². The number of hydrogen-bond acceptors (Lipinski definition) is 5. The minimum absolute atomic E-state index is 0.00856. The Kier molecular flexibility index (Phi) is 5.80. The van der Waals surface area contributed by atoms with Gasteiger partial charge in [0.1, 0.15) is 5.01 Å². The smallest absolute Gasteiger partial charge is 0.243 e. The van der Waals surface area contributed by atoms with Crippen molar-refractivity contribution in [3.63, 3.8) is 0 Å². The van der Waals surface area contributed by atoms with Crippen LogP contribution in [0.2, 0.25) is 0 Å². The van der Waals surface area contributed by atoms with Crippen LogP contribution in [0.15, 0.2) is 47.2 Å². The van der Waals surface area contributed by atoms with Crippen molar-refractivity contribution >= 4 is 40.2 Å². The van der Waals surface area contributed by atoms with Crippen LogP contribution in [0.3, 0.4) is 0 Å². The van der Waals surface area contributed by atoms with Crippen LogP contribution in [0.25, 0.3) is 9.88 Å². The van der Waals surface area contributed by atoms with Crippen molar-refractivity contribution in [3.8, 4) is 9.88 Å². The zero-order chi connectivity index (χ0) is 18.5. The molecular formula is C19H19N3O2S2. The molecule has 1 N–H and O–H groups in total. The van der Waals surface area contributed by atoms with Crippen LogP contribution in [0, 0.1) is 6.92 Å². The quantitative estimate of drug-likeness (QED) is 0.702. The van der Waals surface area contributed by atoms with Crippen LogP contribution >= 0.6 is 22.7 Å². The Morgan fingerprint density at radius 2 is 1.92 bits per heavy atom. The van der Waals surface area contributed by atoms with Crippen molar-refractivity contribution < 1.29 is 9.59 Å². The molecule has 1 aromatic carbocycles. The highest BCUT2D eigenvalue weighted by molar-refractivity contribution is 7.20. The molecule has 0 spiro atoms. The van der Waals surface area contributed by atoms with Crippen LogP contribution in [0.5, 0.6) is 0 Å². The van der Waals surface area contributed by atoms with Gasteiger partial charge in [-0.15, -0.1) is 22.7 Å². The summed E-state index contributed by atoms with van der Waals surface area (Å²) >= 11 is 3.15. The van der Waals surface area contributed by atoms with E-state index in [1.54, 1.807) is 18.4 Å². The molecule has 3 aromatic rings. The van der Waals surface area contributed by atoms with Gasteiger partial charge in [0, 0.05) is 18.1 Å². The van der Waals surface area contributed by atoms with E-state index in [-0.39, 0.29) is 24.8 Å². The van der Waals surface area contributed by atoms with Gasteiger partial charge in [0.25, 0.3) is 0 Å². The molecule has 5 nitrogen and oxygen atoms in total. The largest absolute Gasteiger partial charge is 0.336 e. The molecule has 0 radical (unpaired) electrons. The lowest BCUT2D eigenvalue weighted by Gasteiger charge is -2.16. The van der Waals surface area contributed by atoms with E-state index in [2.05, 4.69) is 10.3 Å². The number of carbonyl (C=O) groups excluding carboxylic acids is 2. The lowest BCUT2D eigenvalue weighted by atomic mass is 10.2. The number of amides is 2. The zero-order valence-corrected chi connectivity index (χ0v) is 16.2. The lowest BCUT2D eigenvalue weighted by molar-refractivity contribution is -0.132. The molecule has 2 aromatic heterocycles. The standard InChI is InChI=1S/C19H19N3O2S2/c1-13-5-7-14(8-6-13)20-17(23)11-22(2)18(24)10-15-12-26-19(21-15)16-4-3-9-25-16/h3-9,12H,10-11H2,1-2H3,(H,20,23). The average Bonchev–Trinajstić information content (AvgIpc) is 3.28.